The van der Waals surface area contributed by atoms with Crippen LogP contribution in [0.1, 0.15) is 11.1 Å². The molecule has 0 unspecified atom stereocenters. The Labute approximate surface area is 128 Å². The number of hydrogen-bond donors (Lipinski definition) is 0. The van der Waals surface area contributed by atoms with Gasteiger partial charge in [0.2, 0.25) is 0 Å². The van der Waals surface area contributed by atoms with E-state index in [1.165, 1.54) is 22.0 Å². The number of rotatable bonds is 5. The van der Waals surface area contributed by atoms with Gasteiger partial charge in [-0.15, -0.1) is 0 Å². The summed E-state index contributed by atoms with van der Waals surface area (Å²) in [6, 6.07) is 6.51. The molecule has 106 valence electrons. The van der Waals surface area contributed by atoms with E-state index < -0.39 is 0 Å². The van der Waals surface area contributed by atoms with Crippen LogP contribution in [-0.2, 0) is 28.2 Å². The van der Waals surface area contributed by atoms with E-state index in [-0.39, 0.29) is 23.5 Å². The van der Waals surface area contributed by atoms with Crippen LogP contribution in [0, 0.1) is 0 Å². The van der Waals surface area contributed by atoms with Crippen LogP contribution < -0.4 is 12.4 Å². The summed E-state index contributed by atoms with van der Waals surface area (Å²) in [7, 11) is 1.76. The number of thioether (sulfide) groups is 1. The van der Waals surface area contributed by atoms with E-state index in [2.05, 4.69) is 47.1 Å². The minimum atomic E-state index is 0. The Bertz CT molecular complexity index is 539. The molecule has 0 aliphatic carbocycles. The highest BCUT2D eigenvalue weighted by molar-refractivity contribution is 7.97. The summed E-state index contributed by atoms with van der Waals surface area (Å²) in [5.74, 6) is 1.06. The maximum absolute atomic E-state index is 5.33. The second-order valence-electron chi connectivity index (χ2n) is 4.43. The SMILES string of the molecule is COCc1cccc2c1c(CSC)cn2[S+](C)C.[Cl-]. The molecule has 0 amide bonds. The Morgan fingerprint density at radius 1 is 1.26 bits per heavy atom. The third kappa shape index (κ3) is 3.43. The maximum atomic E-state index is 5.33. The second-order valence-corrected chi connectivity index (χ2v) is 7.24. The van der Waals surface area contributed by atoms with Crippen molar-refractivity contribution in [3.63, 3.8) is 0 Å². The van der Waals surface area contributed by atoms with E-state index in [1.54, 1.807) is 7.11 Å². The predicted octanol–water partition coefficient (Wildman–Crippen LogP) is 0.296. The van der Waals surface area contributed by atoms with Crippen molar-refractivity contribution in [2.24, 2.45) is 0 Å². The summed E-state index contributed by atoms with van der Waals surface area (Å²) in [4.78, 5) is 0. The minimum Gasteiger partial charge on any atom is -1.00 e. The fourth-order valence-electron chi connectivity index (χ4n) is 2.26. The van der Waals surface area contributed by atoms with E-state index in [9.17, 15) is 0 Å². The first kappa shape index (κ1) is 16.8. The standard InChI is InChI=1S/C14H20NOS2.ClH/c1-16-9-11-6-5-7-13-14(11)12(10-17-2)8-15(13)18(3)4;/h5-8H,9-10H2,1-4H3;1H/q+1;/p-1. The molecule has 0 aliphatic heterocycles. The summed E-state index contributed by atoms with van der Waals surface area (Å²) in [6.07, 6.45) is 8.97. The molecule has 0 saturated heterocycles. The van der Waals surface area contributed by atoms with Gasteiger partial charge in [0, 0.05) is 18.2 Å². The van der Waals surface area contributed by atoms with Gasteiger partial charge in [-0.05, 0) is 23.4 Å². The lowest BCUT2D eigenvalue weighted by atomic mass is 10.1. The number of hydrogen-bond acceptors (Lipinski definition) is 2. The third-order valence-electron chi connectivity index (χ3n) is 2.95. The summed E-state index contributed by atoms with van der Waals surface area (Å²) >= 11 is 2.09. The molecule has 0 aliphatic rings. The Hall–Kier alpha value is -0.290. The summed E-state index contributed by atoms with van der Waals surface area (Å²) in [5, 5.41) is 1.38. The fraction of sp³-hybridized carbons (Fsp3) is 0.429. The highest BCUT2D eigenvalue weighted by Gasteiger charge is 2.17. The fourth-order valence-corrected chi connectivity index (χ4v) is 3.67. The van der Waals surface area contributed by atoms with Gasteiger partial charge in [0.1, 0.15) is 12.5 Å². The van der Waals surface area contributed by atoms with E-state index in [4.69, 9.17) is 4.74 Å². The van der Waals surface area contributed by atoms with Crippen LogP contribution in [0.3, 0.4) is 0 Å². The molecule has 0 radical (unpaired) electrons. The van der Waals surface area contributed by atoms with Gasteiger partial charge >= 0.3 is 0 Å². The molecule has 5 heteroatoms. The molecule has 0 bridgehead atoms. The quantitative estimate of drug-likeness (QED) is 0.736. The summed E-state index contributed by atoms with van der Waals surface area (Å²) in [5.41, 5.74) is 4.05. The largest absolute Gasteiger partial charge is 1.00 e. The topological polar surface area (TPSA) is 14.2 Å². The predicted molar refractivity (Wildman–Crippen MR) is 84.5 cm³/mol. The van der Waals surface area contributed by atoms with Crippen molar-refractivity contribution < 1.29 is 17.1 Å². The van der Waals surface area contributed by atoms with E-state index in [0.29, 0.717) is 6.61 Å². The van der Waals surface area contributed by atoms with Crippen LogP contribution in [0.5, 0.6) is 0 Å². The number of methoxy groups -OCH3 is 1. The molecule has 0 N–H and O–H groups in total. The Kier molecular flexibility index (Phi) is 6.60. The Balaban J connectivity index is 0.00000180. The molecule has 1 heterocycles. The van der Waals surface area contributed by atoms with Crippen LogP contribution in [0.15, 0.2) is 24.4 Å². The van der Waals surface area contributed by atoms with Crippen LogP contribution in [0.2, 0.25) is 0 Å². The smallest absolute Gasteiger partial charge is 0.123 e. The Morgan fingerprint density at radius 3 is 2.58 bits per heavy atom. The molecule has 1 aromatic carbocycles. The molecule has 1 aromatic heterocycles. The van der Waals surface area contributed by atoms with Crippen LogP contribution >= 0.6 is 11.8 Å². The van der Waals surface area contributed by atoms with Gasteiger partial charge in [-0.2, -0.15) is 15.7 Å². The molecular weight excluding hydrogens is 298 g/mol. The van der Waals surface area contributed by atoms with Gasteiger partial charge in [0.05, 0.1) is 29.4 Å². The lowest BCUT2D eigenvalue weighted by molar-refractivity contribution is -0.00000410. The van der Waals surface area contributed by atoms with Crippen molar-refractivity contribution in [2.45, 2.75) is 12.4 Å². The molecule has 2 nitrogen and oxygen atoms in total. The average molecular weight is 318 g/mol. The third-order valence-corrected chi connectivity index (χ3v) is 4.64. The lowest BCUT2D eigenvalue weighted by Gasteiger charge is -2.04. The minimum absolute atomic E-state index is 0. The number of fused-ring (bicyclic) bond motifs is 1. The first-order chi connectivity index (χ1) is 8.69. The monoisotopic (exact) mass is 317 g/mol. The van der Waals surface area contributed by atoms with E-state index in [0.717, 1.165) is 5.75 Å². The molecule has 0 saturated carbocycles. The maximum Gasteiger partial charge on any atom is 0.123 e. The molecule has 2 aromatic rings. The van der Waals surface area contributed by atoms with Crippen LogP contribution in [-0.4, -0.2) is 29.8 Å². The van der Waals surface area contributed by atoms with Crippen molar-refractivity contribution in [1.29, 1.82) is 0 Å². The molecular formula is C14H20ClNOS2. The number of benzene rings is 1. The van der Waals surface area contributed by atoms with Gasteiger partial charge in [-0.1, -0.05) is 12.1 Å². The zero-order chi connectivity index (χ0) is 13.1. The zero-order valence-corrected chi connectivity index (χ0v) is 14.2. The first-order valence-corrected chi connectivity index (χ1v) is 9.26. The van der Waals surface area contributed by atoms with Crippen molar-refractivity contribution in [1.82, 2.24) is 3.97 Å². The van der Waals surface area contributed by atoms with Gasteiger partial charge < -0.3 is 17.1 Å². The molecule has 19 heavy (non-hydrogen) atoms. The molecule has 0 atom stereocenters. The second kappa shape index (κ2) is 7.48. The van der Waals surface area contributed by atoms with Gasteiger partial charge in [-0.3, -0.25) is 0 Å². The number of aromatic nitrogens is 1. The molecule has 0 fully saturated rings. The van der Waals surface area contributed by atoms with Gasteiger partial charge in [-0.25, -0.2) is 0 Å². The van der Waals surface area contributed by atoms with Crippen molar-refractivity contribution in [3.8, 4) is 0 Å². The lowest BCUT2D eigenvalue weighted by Crippen LogP contribution is -3.00. The van der Waals surface area contributed by atoms with E-state index in [1.807, 2.05) is 11.8 Å². The van der Waals surface area contributed by atoms with Gasteiger partial charge in [0.25, 0.3) is 0 Å². The highest BCUT2D eigenvalue weighted by atomic mass is 35.5. The van der Waals surface area contributed by atoms with Gasteiger partial charge in [0.15, 0.2) is 0 Å². The van der Waals surface area contributed by atoms with Crippen molar-refractivity contribution in [2.75, 3.05) is 25.9 Å². The molecule has 0 spiro atoms. The number of ether oxygens (including phenoxy) is 1. The van der Waals surface area contributed by atoms with Crippen molar-refractivity contribution in [3.05, 3.63) is 35.5 Å². The van der Waals surface area contributed by atoms with Crippen LogP contribution in [0.25, 0.3) is 10.9 Å². The number of halogens is 1. The van der Waals surface area contributed by atoms with Crippen molar-refractivity contribution >= 4 is 33.7 Å². The Morgan fingerprint density at radius 2 is 2.00 bits per heavy atom. The highest BCUT2D eigenvalue weighted by Crippen LogP contribution is 2.29. The average Bonchev–Trinajstić information content (AvgIpc) is 2.70. The first-order valence-electron chi connectivity index (χ1n) is 5.86. The molecule has 2 rings (SSSR count). The summed E-state index contributed by atoms with van der Waals surface area (Å²) in [6.45, 7) is 0.684. The zero-order valence-electron chi connectivity index (χ0n) is 11.8. The van der Waals surface area contributed by atoms with Crippen LogP contribution in [0.4, 0.5) is 0 Å². The normalized spacial score (nSPS) is 11.0. The number of nitrogens with zero attached hydrogens (tertiary/aromatic N) is 1. The summed E-state index contributed by atoms with van der Waals surface area (Å²) < 4.78 is 7.71. The van der Waals surface area contributed by atoms with E-state index >= 15 is 0 Å².